The molecule has 0 aliphatic carbocycles. The SMILES string of the molecule is CCOC(=O)/C=C/OC(C)C#Cc1ccccc1. The van der Waals surface area contributed by atoms with Crippen LogP contribution in [-0.4, -0.2) is 18.7 Å². The summed E-state index contributed by atoms with van der Waals surface area (Å²) in [4.78, 5) is 11.0. The molecule has 1 unspecified atom stereocenters. The number of carbonyl (C=O) groups is 1. The molecule has 0 amide bonds. The van der Waals surface area contributed by atoms with Crippen LogP contribution in [0.2, 0.25) is 0 Å². The fraction of sp³-hybridized carbons (Fsp3) is 0.267. The number of rotatable bonds is 4. The molecular formula is C15H16O3. The minimum absolute atomic E-state index is 0.282. The molecule has 94 valence electrons. The summed E-state index contributed by atoms with van der Waals surface area (Å²) in [7, 11) is 0. The maximum atomic E-state index is 11.0. The highest BCUT2D eigenvalue weighted by molar-refractivity contribution is 5.81. The maximum Gasteiger partial charge on any atom is 0.333 e. The Balaban J connectivity index is 2.41. The number of esters is 1. The Hall–Kier alpha value is -2.21. The first-order valence-corrected chi connectivity index (χ1v) is 5.77. The van der Waals surface area contributed by atoms with Crippen LogP contribution < -0.4 is 0 Å². The fourth-order valence-electron chi connectivity index (χ4n) is 1.14. The number of hydrogen-bond donors (Lipinski definition) is 0. The van der Waals surface area contributed by atoms with Crippen molar-refractivity contribution >= 4 is 5.97 Å². The van der Waals surface area contributed by atoms with Crippen molar-refractivity contribution in [1.82, 2.24) is 0 Å². The van der Waals surface area contributed by atoms with E-state index >= 15 is 0 Å². The van der Waals surface area contributed by atoms with Crippen LogP contribution in [0, 0.1) is 11.8 Å². The topological polar surface area (TPSA) is 35.5 Å². The van der Waals surface area contributed by atoms with Crippen molar-refractivity contribution < 1.29 is 14.3 Å². The van der Waals surface area contributed by atoms with Gasteiger partial charge in [-0.1, -0.05) is 30.0 Å². The average Bonchev–Trinajstić information content (AvgIpc) is 2.38. The van der Waals surface area contributed by atoms with E-state index in [9.17, 15) is 4.79 Å². The van der Waals surface area contributed by atoms with Gasteiger partial charge in [0.15, 0.2) is 6.10 Å². The lowest BCUT2D eigenvalue weighted by atomic mass is 10.2. The second kappa shape index (κ2) is 7.97. The van der Waals surface area contributed by atoms with Gasteiger partial charge < -0.3 is 9.47 Å². The van der Waals surface area contributed by atoms with E-state index in [1.54, 1.807) is 6.92 Å². The molecule has 0 bridgehead atoms. The Morgan fingerprint density at radius 2 is 2.11 bits per heavy atom. The molecule has 0 radical (unpaired) electrons. The van der Waals surface area contributed by atoms with E-state index in [-0.39, 0.29) is 6.10 Å². The molecule has 3 nitrogen and oxygen atoms in total. The van der Waals surface area contributed by atoms with Gasteiger partial charge in [-0.15, -0.1) is 0 Å². The van der Waals surface area contributed by atoms with Crippen molar-refractivity contribution in [3.63, 3.8) is 0 Å². The lowest BCUT2D eigenvalue weighted by Crippen LogP contribution is -2.02. The summed E-state index contributed by atoms with van der Waals surface area (Å²) < 4.78 is 9.94. The van der Waals surface area contributed by atoms with E-state index in [1.807, 2.05) is 37.3 Å². The van der Waals surface area contributed by atoms with Gasteiger partial charge in [0.05, 0.1) is 18.9 Å². The molecule has 0 heterocycles. The van der Waals surface area contributed by atoms with Crippen LogP contribution in [0.15, 0.2) is 42.7 Å². The highest BCUT2D eigenvalue weighted by Crippen LogP contribution is 1.96. The highest BCUT2D eigenvalue weighted by Gasteiger charge is 1.95. The van der Waals surface area contributed by atoms with E-state index in [4.69, 9.17) is 9.47 Å². The summed E-state index contributed by atoms with van der Waals surface area (Å²) in [5.74, 6) is 5.50. The average molecular weight is 244 g/mol. The van der Waals surface area contributed by atoms with E-state index < -0.39 is 5.97 Å². The molecule has 1 aromatic carbocycles. The Bertz CT molecular complexity index is 452. The first-order valence-electron chi connectivity index (χ1n) is 5.77. The van der Waals surface area contributed by atoms with E-state index in [2.05, 4.69) is 11.8 Å². The predicted molar refractivity (Wildman–Crippen MR) is 69.6 cm³/mol. The Kier molecular flexibility index (Phi) is 6.13. The third-order valence-corrected chi connectivity index (χ3v) is 1.97. The van der Waals surface area contributed by atoms with Crippen LogP contribution in [0.25, 0.3) is 0 Å². The molecule has 0 fully saturated rings. The Morgan fingerprint density at radius 3 is 2.78 bits per heavy atom. The standard InChI is InChI=1S/C15H16O3/c1-3-17-15(16)11-12-18-13(2)9-10-14-7-5-4-6-8-14/h4-8,11-13H,3H2,1-2H3/b12-11+. The summed E-state index contributed by atoms with van der Waals surface area (Å²) in [5, 5.41) is 0. The lowest BCUT2D eigenvalue weighted by Gasteiger charge is -2.02. The predicted octanol–water partition coefficient (Wildman–Crippen LogP) is 2.52. The van der Waals surface area contributed by atoms with Crippen molar-refractivity contribution in [1.29, 1.82) is 0 Å². The van der Waals surface area contributed by atoms with Crippen LogP contribution in [0.4, 0.5) is 0 Å². The van der Waals surface area contributed by atoms with Crippen LogP contribution in [-0.2, 0) is 14.3 Å². The second-order valence-corrected chi connectivity index (χ2v) is 3.47. The Morgan fingerprint density at radius 1 is 1.39 bits per heavy atom. The number of benzene rings is 1. The van der Waals surface area contributed by atoms with Crippen LogP contribution >= 0.6 is 0 Å². The van der Waals surface area contributed by atoms with Gasteiger partial charge in [0, 0.05) is 5.56 Å². The quantitative estimate of drug-likeness (QED) is 0.353. The Labute approximate surface area is 107 Å². The van der Waals surface area contributed by atoms with Crippen LogP contribution in [0.1, 0.15) is 19.4 Å². The van der Waals surface area contributed by atoms with Gasteiger partial charge in [0.2, 0.25) is 0 Å². The molecule has 18 heavy (non-hydrogen) atoms. The summed E-state index contributed by atoms with van der Waals surface area (Å²) in [6.07, 6.45) is 2.27. The molecule has 0 N–H and O–H groups in total. The summed E-state index contributed by atoms with van der Waals surface area (Å²) in [5.41, 5.74) is 0.933. The number of hydrogen-bond acceptors (Lipinski definition) is 3. The largest absolute Gasteiger partial charge is 0.485 e. The third-order valence-electron chi connectivity index (χ3n) is 1.97. The molecule has 0 saturated heterocycles. The zero-order chi connectivity index (χ0) is 13.2. The second-order valence-electron chi connectivity index (χ2n) is 3.47. The molecule has 1 atom stereocenters. The number of ether oxygens (including phenoxy) is 2. The number of carbonyl (C=O) groups excluding carboxylic acids is 1. The summed E-state index contributed by atoms with van der Waals surface area (Å²) in [6.45, 7) is 3.92. The zero-order valence-corrected chi connectivity index (χ0v) is 10.6. The minimum Gasteiger partial charge on any atom is -0.485 e. The molecular weight excluding hydrogens is 228 g/mol. The highest BCUT2D eigenvalue weighted by atomic mass is 16.5. The van der Waals surface area contributed by atoms with Gasteiger partial charge in [-0.25, -0.2) is 4.79 Å². The molecule has 1 rings (SSSR count). The van der Waals surface area contributed by atoms with Crippen molar-refractivity contribution in [2.24, 2.45) is 0 Å². The van der Waals surface area contributed by atoms with Crippen molar-refractivity contribution in [2.45, 2.75) is 20.0 Å². The molecule has 3 heteroatoms. The van der Waals surface area contributed by atoms with Crippen molar-refractivity contribution in [3.8, 4) is 11.8 Å². The zero-order valence-electron chi connectivity index (χ0n) is 10.6. The van der Waals surface area contributed by atoms with E-state index in [0.717, 1.165) is 5.56 Å². The van der Waals surface area contributed by atoms with Gasteiger partial charge in [-0.2, -0.15) is 0 Å². The van der Waals surface area contributed by atoms with E-state index in [0.29, 0.717) is 6.61 Å². The lowest BCUT2D eigenvalue weighted by molar-refractivity contribution is -0.137. The molecule has 1 aromatic rings. The first kappa shape index (κ1) is 13.9. The van der Waals surface area contributed by atoms with Gasteiger partial charge >= 0.3 is 5.97 Å². The maximum absolute atomic E-state index is 11.0. The van der Waals surface area contributed by atoms with Gasteiger partial charge in [-0.3, -0.25) is 0 Å². The van der Waals surface area contributed by atoms with Crippen LogP contribution in [0.3, 0.4) is 0 Å². The summed E-state index contributed by atoms with van der Waals surface area (Å²) in [6, 6.07) is 9.64. The van der Waals surface area contributed by atoms with Gasteiger partial charge in [0.1, 0.15) is 0 Å². The smallest absolute Gasteiger partial charge is 0.333 e. The van der Waals surface area contributed by atoms with Crippen LogP contribution in [0.5, 0.6) is 0 Å². The van der Waals surface area contributed by atoms with E-state index in [1.165, 1.54) is 12.3 Å². The summed E-state index contributed by atoms with van der Waals surface area (Å²) >= 11 is 0. The minimum atomic E-state index is -0.416. The normalized spacial score (nSPS) is 11.4. The van der Waals surface area contributed by atoms with Crippen molar-refractivity contribution in [3.05, 3.63) is 48.2 Å². The fourth-order valence-corrected chi connectivity index (χ4v) is 1.14. The first-order chi connectivity index (χ1) is 8.72. The van der Waals surface area contributed by atoms with Gasteiger partial charge in [0.25, 0.3) is 0 Å². The van der Waals surface area contributed by atoms with Gasteiger partial charge in [-0.05, 0) is 26.0 Å². The molecule has 0 spiro atoms. The van der Waals surface area contributed by atoms with Crippen molar-refractivity contribution in [2.75, 3.05) is 6.61 Å². The molecule has 0 aromatic heterocycles. The molecule has 0 saturated carbocycles. The molecule has 0 aliphatic heterocycles. The monoisotopic (exact) mass is 244 g/mol. The molecule has 0 aliphatic rings. The third kappa shape index (κ3) is 5.76.